The fraction of sp³-hybridized carbons (Fsp3) is 0.462. The van der Waals surface area contributed by atoms with Gasteiger partial charge in [-0.2, -0.15) is 0 Å². The third-order valence-corrected chi connectivity index (χ3v) is 4.32. The fourth-order valence-electron chi connectivity index (χ4n) is 2.25. The lowest BCUT2D eigenvalue weighted by Crippen LogP contribution is -2.28. The van der Waals surface area contributed by atoms with Gasteiger partial charge < -0.3 is 9.67 Å². The van der Waals surface area contributed by atoms with E-state index in [-0.39, 0.29) is 0 Å². The summed E-state index contributed by atoms with van der Waals surface area (Å²) >= 11 is 4.97. The summed E-state index contributed by atoms with van der Waals surface area (Å²) in [6.07, 6.45) is 5.72. The number of halogens is 1. The van der Waals surface area contributed by atoms with E-state index in [1.807, 2.05) is 24.8 Å². The van der Waals surface area contributed by atoms with E-state index in [0.717, 1.165) is 22.2 Å². The van der Waals surface area contributed by atoms with Crippen LogP contribution >= 0.6 is 27.7 Å². The molecule has 2 aromatic rings. The lowest BCUT2D eigenvalue weighted by Gasteiger charge is -2.24. The van der Waals surface area contributed by atoms with Gasteiger partial charge in [0, 0.05) is 25.9 Å². The SMILES string of the molecule is CSc1nc(Br)c(C(C)(O)Cc2cncc(C)n2)n1C. The maximum atomic E-state index is 10.8. The normalized spacial score (nSPS) is 14.3. The number of nitrogens with zero attached hydrogens (tertiary/aromatic N) is 4. The summed E-state index contributed by atoms with van der Waals surface area (Å²) in [4.78, 5) is 12.9. The summed E-state index contributed by atoms with van der Waals surface area (Å²) in [5, 5.41) is 11.7. The molecule has 108 valence electrons. The van der Waals surface area contributed by atoms with Crippen molar-refractivity contribution in [1.82, 2.24) is 19.5 Å². The average molecular weight is 357 g/mol. The highest BCUT2D eigenvalue weighted by atomic mass is 79.9. The molecular weight excluding hydrogens is 340 g/mol. The van der Waals surface area contributed by atoms with Crippen molar-refractivity contribution < 1.29 is 5.11 Å². The maximum absolute atomic E-state index is 10.8. The molecule has 20 heavy (non-hydrogen) atoms. The van der Waals surface area contributed by atoms with E-state index in [4.69, 9.17) is 0 Å². The molecule has 0 radical (unpaired) electrons. The molecule has 1 N–H and O–H groups in total. The smallest absolute Gasteiger partial charge is 0.168 e. The second-order valence-electron chi connectivity index (χ2n) is 4.90. The number of hydrogen-bond acceptors (Lipinski definition) is 5. The maximum Gasteiger partial charge on any atom is 0.168 e. The van der Waals surface area contributed by atoms with Crippen LogP contribution in [0.15, 0.2) is 22.2 Å². The van der Waals surface area contributed by atoms with Crippen LogP contribution in [-0.4, -0.2) is 30.9 Å². The van der Waals surface area contributed by atoms with Gasteiger partial charge in [0.2, 0.25) is 0 Å². The second-order valence-corrected chi connectivity index (χ2v) is 6.42. The molecule has 5 nitrogen and oxygen atoms in total. The summed E-state index contributed by atoms with van der Waals surface area (Å²) in [5.41, 5.74) is 1.27. The number of thioether (sulfide) groups is 1. The van der Waals surface area contributed by atoms with Crippen molar-refractivity contribution in [2.75, 3.05) is 6.26 Å². The van der Waals surface area contributed by atoms with Crippen LogP contribution in [0.4, 0.5) is 0 Å². The van der Waals surface area contributed by atoms with Crippen molar-refractivity contribution in [2.45, 2.75) is 31.0 Å². The van der Waals surface area contributed by atoms with Crippen LogP contribution in [0, 0.1) is 6.92 Å². The lowest BCUT2D eigenvalue weighted by atomic mass is 9.96. The van der Waals surface area contributed by atoms with Gasteiger partial charge in [0.1, 0.15) is 10.2 Å². The fourth-order valence-corrected chi connectivity index (χ4v) is 3.78. The molecule has 1 unspecified atom stereocenters. The van der Waals surface area contributed by atoms with Gasteiger partial charge in [-0.3, -0.25) is 9.97 Å². The predicted molar refractivity (Wildman–Crippen MR) is 82.7 cm³/mol. The largest absolute Gasteiger partial charge is 0.383 e. The first-order chi connectivity index (χ1) is 9.35. The molecule has 1 atom stereocenters. The Kier molecular flexibility index (Phi) is 4.51. The van der Waals surface area contributed by atoms with E-state index in [0.29, 0.717) is 11.0 Å². The highest BCUT2D eigenvalue weighted by molar-refractivity contribution is 9.10. The zero-order valence-electron chi connectivity index (χ0n) is 11.9. The van der Waals surface area contributed by atoms with Gasteiger partial charge >= 0.3 is 0 Å². The molecule has 0 amide bonds. The van der Waals surface area contributed by atoms with Crippen molar-refractivity contribution in [3.8, 4) is 0 Å². The second kappa shape index (κ2) is 5.83. The average Bonchev–Trinajstić information content (AvgIpc) is 2.64. The van der Waals surface area contributed by atoms with E-state index in [2.05, 4.69) is 30.9 Å². The van der Waals surface area contributed by atoms with E-state index < -0.39 is 5.60 Å². The van der Waals surface area contributed by atoms with Gasteiger partial charge in [-0.25, -0.2) is 4.98 Å². The van der Waals surface area contributed by atoms with Gasteiger partial charge in [-0.15, -0.1) is 0 Å². The van der Waals surface area contributed by atoms with Crippen LogP contribution in [0.2, 0.25) is 0 Å². The Bertz CT molecular complexity index is 627. The van der Waals surface area contributed by atoms with Crippen LogP contribution in [-0.2, 0) is 19.1 Å². The summed E-state index contributed by atoms with van der Waals surface area (Å²) in [6.45, 7) is 3.65. The Balaban J connectivity index is 2.37. The Morgan fingerprint density at radius 3 is 2.65 bits per heavy atom. The minimum atomic E-state index is -1.07. The van der Waals surface area contributed by atoms with Crippen LogP contribution < -0.4 is 0 Å². The van der Waals surface area contributed by atoms with Crippen LogP contribution in [0.25, 0.3) is 0 Å². The number of aryl methyl sites for hydroxylation is 1. The third-order valence-electron chi connectivity index (χ3n) is 3.03. The summed E-state index contributed by atoms with van der Waals surface area (Å²) in [7, 11) is 1.90. The number of hydrogen-bond donors (Lipinski definition) is 1. The summed E-state index contributed by atoms with van der Waals surface area (Å²) < 4.78 is 2.56. The highest BCUT2D eigenvalue weighted by Crippen LogP contribution is 2.33. The predicted octanol–water partition coefficient (Wildman–Crippen LogP) is 2.45. The van der Waals surface area contributed by atoms with E-state index in [1.165, 1.54) is 11.8 Å². The van der Waals surface area contributed by atoms with Gasteiger partial charge in [-0.1, -0.05) is 11.8 Å². The molecule has 0 aliphatic rings. The van der Waals surface area contributed by atoms with Gasteiger partial charge in [-0.05, 0) is 36.0 Å². The van der Waals surface area contributed by atoms with Crippen molar-refractivity contribution in [1.29, 1.82) is 0 Å². The zero-order chi connectivity index (χ0) is 14.9. The van der Waals surface area contributed by atoms with Crippen LogP contribution in [0.5, 0.6) is 0 Å². The molecule has 0 aliphatic heterocycles. The zero-order valence-corrected chi connectivity index (χ0v) is 14.3. The topological polar surface area (TPSA) is 63.8 Å². The molecular formula is C13H17BrN4OS. The Morgan fingerprint density at radius 1 is 1.40 bits per heavy atom. The monoisotopic (exact) mass is 356 g/mol. The molecule has 7 heteroatoms. The molecule has 0 bridgehead atoms. The van der Waals surface area contributed by atoms with Crippen molar-refractivity contribution in [3.05, 3.63) is 34.1 Å². The molecule has 2 heterocycles. The molecule has 0 saturated heterocycles. The number of aromatic nitrogens is 4. The van der Waals surface area contributed by atoms with E-state index >= 15 is 0 Å². The molecule has 0 aliphatic carbocycles. The number of rotatable bonds is 4. The molecule has 2 aromatic heterocycles. The van der Waals surface area contributed by atoms with Crippen molar-refractivity contribution in [3.63, 3.8) is 0 Å². The molecule has 0 fully saturated rings. The Morgan fingerprint density at radius 2 is 2.10 bits per heavy atom. The molecule has 0 aromatic carbocycles. The molecule has 2 rings (SSSR count). The molecule has 0 saturated carbocycles. The van der Waals surface area contributed by atoms with Crippen molar-refractivity contribution in [2.24, 2.45) is 7.05 Å². The quantitative estimate of drug-likeness (QED) is 0.852. The summed E-state index contributed by atoms with van der Waals surface area (Å²) in [5.74, 6) is 0. The first-order valence-corrected chi connectivity index (χ1v) is 8.13. The Hall–Kier alpha value is -0.920. The van der Waals surface area contributed by atoms with Crippen LogP contribution in [0.1, 0.15) is 24.0 Å². The first-order valence-electron chi connectivity index (χ1n) is 6.11. The van der Waals surface area contributed by atoms with Gasteiger partial charge in [0.05, 0.1) is 17.1 Å². The standard InChI is InChI=1S/C13H17BrN4OS/c1-8-6-15-7-9(16-8)5-13(2,19)10-11(14)17-12(20-4)18(10)3/h6-7,19H,5H2,1-4H3. The third kappa shape index (κ3) is 3.05. The Labute approximate surface area is 131 Å². The number of aliphatic hydroxyl groups is 1. The molecule has 0 spiro atoms. The minimum absolute atomic E-state index is 0.383. The highest BCUT2D eigenvalue weighted by Gasteiger charge is 2.32. The van der Waals surface area contributed by atoms with Gasteiger partial charge in [0.15, 0.2) is 5.16 Å². The van der Waals surface area contributed by atoms with Gasteiger partial charge in [0.25, 0.3) is 0 Å². The summed E-state index contributed by atoms with van der Waals surface area (Å²) in [6, 6.07) is 0. The van der Waals surface area contributed by atoms with E-state index in [1.54, 1.807) is 19.3 Å². The van der Waals surface area contributed by atoms with Crippen LogP contribution in [0.3, 0.4) is 0 Å². The van der Waals surface area contributed by atoms with Crippen molar-refractivity contribution >= 4 is 27.7 Å². The minimum Gasteiger partial charge on any atom is -0.383 e. The van der Waals surface area contributed by atoms with E-state index in [9.17, 15) is 5.11 Å². The first kappa shape index (κ1) is 15.5. The lowest BCUT2D eigenvalue weighted by molar-refractivity contribution is 0.0475. The number of imidazole rings is 1.